The Morgan fingerprint density at radius 1 is 1.50 bits per heavy atom. The Labute approximate surface area is 110 Å². The highest BCUT2D eigenvalue weighted by Gasteiger charge is 2.12. The molecule has 0 saturated heterocycles. The van der Waals surface area contributed by atoms with Gasteiger partial charge in [0.2, 0.25) is 0 Å². The summed E-state index contributed by atoms with van der Waals surface area (Å²) in [6, 6.07) is 7.05. The molecule has 0 aliphatic carbocycles. The SMILES string of the molecule is CC(CNC(=O)c1ccccc1N)c1nccs1. The molecule has 18 heavy (non-hydrogen) atoms. The van der Waals surface area contributed by atoms with Gasteiger partial charge in [-0.3, -0.25) is 4.79 Å². The minimum Gasteiger partial charge on any atom is -0.398 e. The Kier molecular flexibility index (Phi) is 3.94. The van der Waals surface area contributed by atoms with Crippen LogP contribution in [0.5, 0.6) is 0 Å². The average molecular weight is 261 g/mol. The van der Waals surface area contributed by atoms with E-state index in [1.807, 2.05) is 18.4 Å². The van der Waals surface area contributed by atoms with E-state index in [0.29, 0.717) is 17.8 Å². The van der Waals surface area contributed by atoms with Gasteiger partial charge >= 0.3 is 0 Å². The van der Waals surface area contributed by atoms with Gasteiger partial charge in [-0.25, -0.2) is 4.98 Å². The van der Waals surface area contributed by atoms with Gasteiger partial charge in [0, 0.05) is 29.7 Å². The number of nitrogens with zero attached hydrogens (tertiary/aromatic N) is 1. The van der Waals surface area contributed by atoms with E-state index in [2.05, 4.69) is 10.3 Å². The Hall–Kier alpha value is -1.88. The molecule has 0 aliphatic heterocycles. The number of carbonyl (C=O) groups is 1. The molecule has 4 nitrogen and oxygen atoms in total. The number of anilines is 1. The summed E-state index contributed by atoms with van der Waals surface area (Å²) in [5.41, 5.74) is 6.77. The van der Waals surface area contributed by atoms with Crippen molar-refractivity contribution < 1.29 is 4.79 Å². The third-order valence-electron chi connectivity index (χ3n) is 2.65. The van der Waals surface area contributed by atoms with Crippen LogP contribution in [0.3, 0.4) is 0 Å². The Morgan fingerprint density at radius 2 is 2.28 bits per heavy atom. The van der Waals surface area contributed by atoms with Crippen LogP contribution in [-0.4, -0.2) is 17.4 Å². The molecule has 0 fully saturated rings. The Bertz CT molecular complexity index is 525. The first-order valence-corrected chi connectivity index (χ1v) is 6.58. The van der Waals surface area contributed by atoms with Gasteiger partial charge in [0.15, 0.2) is 0 Å². The van der Waals surface area contributed by atoms with E-state index in [4.69, 9.17) is 5.73 Å². The number of benzene rings is 1. The van der Waals surface area contributed by atoms with Crippen molar-refractivity contribution in [2.75, 3.05) is 12.3 Å². The second kappa shape index (κ2) is 5.64. The van der Waals surface area contributed by atoms with E-state index < -0.39 is 0 Å². The van der Waals surface area contributed by atoms with Crippen LogP contribution < -0.4 is 11.1 Å². The van der Waals surface area contributed by atoms with E-state index in [1.54, 1.807) is 35.7 Å². The number of amides is 1. The molecule has 0 aliphatic rings. The number of nitrogen functional groups attached to an aromatic ring is 1. The third-order valence-corrected chi connectivity index (χ3v) is 3.65. The maximum atomic E-state index is 11.9. The summed E-state index contributed by atoms with van der Waals surface area (Å²) < 4.78 is 0. The Morgan fingerprint density at radius 3 is 2.94 bits per heavy atom. The van der Waals surface area contributed by atoms with Crippen LogP contribution in [0.4, 0.5) is 5.69 Å². The first-order chi connectivity index (χ1) is 8.68. The molecule has 1 aromatic heterocycles. The lowest BCUT2D eigenvalue weighted by molar-refractivity contribution is 0.0952. The molecular weight excluding hydrogens is 246 g/mol. The molecule has 0 saturated carbocycles. The summed E-state index contributed by atoms with van der Waals surface area (Å²) in [4.78, 5) is 16.2. The summed E-state index contributed by atoms with van der Waals surface area (Å²) >= 11 is 1.59. The number of aromatic nitrogens is 1. The van der Waals surface area contributed by atoms with Crippen molar-refractivity contribution in [1.82, 2.24) is 10.3 Å². The highest BCUT2D eigenvalue weighted by Crippen LogP contribution is 2.17. The molecule has 2 rings (SSSR count). The average Bonchev–Trinajstić information content (AvgIpc) is 2.90. The van der Waals surface area contributed by atoms with Gasteiger partial charge in [-0.15, -0.1) is 11.3 Å². The maximum Gasteiger partial charge on any atom is 0.253 e. The number of hydrogen-bond acceptors (Lipinski definition) is 4. The quantitative estimate of drug-likeness (QED) is 0.829. The van der Waals surface area contributed by atoms with Crippen molar-refractivity contribution in [2.24, 2.45) is 0 Å². The smallest absolute Gasteiger partial charge is 0.253 e. The van der Waals surface area contributed by atoms with Gasteiger partial charge in [0.05, 0.1) is 10.6 Å². The zero-order chi connectivity index (χ0) is 13.0. The summed E-state index contributed by atoms with van der Waals surface area (Å²) in [6.07, 6.45) is 1.77. The van der Waals surface area contributed by atoms with E-state index in [0.717, 1.165) is 5.01 Å². The van der Waals surface area contributed by atoms with Crippen molar-refractivity contribution in [3.63, 3.8) is 0 Å². The fraction of sp³-hybridized carbons (Fsp3) is 0.231. The second-order valence-electron chi connectivity index (χ2n) is 4.07. The van der Waals surface area contributed by atoms with Gasteiger partial charge in [0.25, 0.3) is 5.91 Å². The summed E-state index contributed by atoms with van der Waals surface area (Å²) in [5, 5.41) is 5.83. The predicted molar refractivity (Wildman–Crippen MR) is 73.7 cm³/mol. The molecule has 5 heteroatoms. The highest BCUT2D eigenvalue weighted by atomic mass is 32.1. The number of nitrogens with one attached hydrogen (secondary N) is 1. The van der Waals surface area contributed by atoms with Crippen LogP contribution in [0, 0.1) is 0 Å². The lowest BCUT2D eigenvalue weighted by atomic mass is 10.1. The van der Waals surface area contributed by atoms with Crippen molar-refractivity contribution >= 4 is 22.9 Å². The Balaban J connectivity index is 1.95. The zero-order valence-electron chi connectivity index (χ0n) is 10.1. The van der Waals surface area contributed by atoms with E-state index in [1.165, 1.54) is 0 Å². The zero-order valence-corrected chi connectivity index (χ0v) is 10.9. The van der Waals surface area contributed by atoms with Crippen LogP contribution in [0.15, 0.2) is 35.8 Å². The normalized spacial score (nSPS) is 12.1. The van der Waals surface area contributed by atoms with Crippen LogP contribution in [-0.2, 0) is 0 Å². The number of rotatable bonds is 4. The summed E-state index contributed by atoms with van der Waals surface area (Å²) in [6.45, 7) is 2.59. The first kappa shape index (κ1) is 12.6. The molecular formula is C13H15N3OS. The van der Waals surface area contributed by atoms with Gasteiger partial charge < -0.3 is 11.1 Å². The largest absolute Gasteiger partial charge is 0.398 e. The van der Waals surface area contributed by atoms with Crippen molar-refractivity contribution in [2.45, 2.75) is 12.8 Å². The maximum absolute atomic E-state index is 11.9. The second-order valence-corrected chi connectivity index (χ2v) is 4.99. The molecule has 0 radical (unpaired) electrons. The van der Waals surface area contributed by atoms with Crippen molar-refractivity contribution in [3.05, 3.63) is 46.4 Å². The van der Waals surface area contributed by atoms with Gasteiger partial charge in [-0.1, -0.05) is 19.1 Å². The van der Waals surface area contributed by atoms with Crippen molar-refractivity contribution in [1.29, 1.82) is 0 Å². The minimum absolute atomic E-state index is 0.142. The molecule has 94 valence electrons. The highest BCUT2D eigenvalue weighted by molar-refractivity contribution is 7.09. The number of nitrogens with two attached hydrogens (primary N) is 1. The van der Waals surface area contributed by atoms with Crippen molar-refractivity contribution in [3.8, 4) is 0 Å². The molecule has 1 aromatic carbocycles. The molecule has 3 N–H and O–H groups in total. The molecule has 2 aromatic rings. The number of thiazole rings is 1. The number of hydrogen-bond donors (Lipinski definition) is 2. The fourth-order valence-corrected chi connectivity index (χ4v) is 2.31. The van der Waals surface area contributed by atoms with E-state index >= 15 is 0 Å². The molecule has 1 heterocycles. The third kappa shape index (κ3) is 2.87. The standard InChI is InChI=1S/C13H15N3OS/c1-9(13-15-6-7-18-13)8-16-12(17)10-4-2-3-5-11(10)14/h2-7,9H,8,14H2,1H3,(H,16,17). The monoisotopic (exact) mass is 261 g/mol. The molecule has 0 bridgehead atoms. The summed E-state index contributed by atoms with van der Waals surface area (Å²) in [7, 11) is 0. The molecule has 1 amide bonds. The van der Waals surface area contributed by atoms with Crippen LogP contribution in [0.1, 0.15) is 28.2 Å². The van der Waals surface area contributed by atoms with E-state index in [9.17, 15) is 4.79 Å². The predicted octanol–water partition coefficient (Wildman–Crippen LogP) is 2.26. The van der Waals surface area contributed by atoms with Gasteiger partial charge in [-0.05, 0) is 12.1 Å². The van der Waals surface area contributed by atoms with E-state index in [-0.39, 0.29) is 11.8 Å². The number of carbonyl (C=O) groups excluding carboxylic acids is 1. The van der Waals surface area contributed by atoms with Gasteiger partial charge in [0.1, 0.15) is 0 Å². The molecule has 0 spiro atoms. The van der Waals surface area contributed by atoms with Crippen LogP contribution >= 0.6 is 11.3 Å². The minimum atomic E-state index is -0.142. The fourth-order valence-electron chi connectivity index (χ4n) is 1.61. The first-order valence-electron chi connectivity index (χ1n) is 5.70. The summed E-state index contributed by atoms with van der Waals surface area (Å²) in [5.74, 6) is 0.0652. The molecule has 1 unspecified atom stereocenters. The lowest BCUT2D eigenvalue weighted by Gasteiger charge is -2.11. The topological polar surface area (TPSA) is 68.0 Å². The van der Waals surface area contributed by atoms with Gasteiger partial charge in [-0.2, -0.15) is 0 Å². The number of para-hydroxylation sites is 1. The van der Waals surface area contributed by atoms with Crippen LogP contribution in [0.25, 0.3) is 0 Å². The molecule has 1 atom stereocenters. The van der Waals surface area contributed by atoms with Crippen LogP contribution in [0.2, 0.25) is 0 Å². The lowest BCUT2D eigenvalue weighted by Crippen LogP contribution is -2.28.